The molecular weight excluding hydrogens is 252 g/mol. The first-order valence-electron chi connectivity index (χ1n) is 7.91. The Bertz CT molecular complexity index is 398. The van der Waals surface area contributed by atoms with Crippen molar-refractivity contribution in [3.63, 3.8) is 0 Å². The van der Waals surface area contributed by atoms with E-state index >= 15 is 0 Å². The minimum Gasteiger partial charge on any atom is -0.377 e. The maximum absolute atomic E-state index is 5.96. The summed E-state index contributed by atoms with van der Waals surface area (Å²) in [5.74, 6) is 1.06. The van der Waals surface area contributed by atoms with Crippen molar-refractivity contribution in [3.8, 4) is 0 Å². The van der Waals surface area contributed by atoms with Gasteiger partial charge < -0.3 is 10.1 Å². The lowest BCUT2D eigenvalue weighted by atomic mass is 9.89. The minimum absolute atomic E-state index is 0.0281. The molecule has 2 rings (SSSR count). The molecular formula is C15H28N4O. The molecule has 0 bridgehead atoms. The Labute approximate surface area is 122 Å². The second-order valence-electron chi connectivity index (χ2n) is 5.68. The van der Waals surface area contributed by atoms with Crippen LogP contribution >= 0.6 is 0 Å². The van der Waals surface area contributed by atoms with E-state index in [0.717, 1.165) is 44.6 Å². The van der Waals surface area contributed by atoms with Crippen molar-refractivity contribution in [2.75, 3.05) is 13.7 Å². The number of aryl methyl sites for hydroxylation is 1. The number of rotatable bonds is 8. The third-order valence-electron chi connectivity index (χ3n) is 4.51. The van der Waals surface area contributed by atoms with E-state index in [1.54, 1.807) is 6.33 Å². The Morgan fingerprint density at radius 1 is 1.40 bits per heavy atom. The third-order valence-corrected chi connectivity index (χ3v) is 4.51. The molecule has 1 unspecified atom stereocenters. The summed E-state index contributed by atoms with van der Waals surface area (Å²) in [6.45, 7) is 6.20. The summed E-state index contributed by atoms with van der Waals surface area (Å²) >= 11 is 0. The highest BCUT2D eigenvalue weighted by atomic mass is 16.5. The van der Waals surface area contributed by atoms with Gasteiger partial charge in [-0.1, -0.05) is 19.8 Å². The monoisotopic (exact) mass is 280 g/mol. The number of aromatic nitrogens is 3. The fourth-order valence-electron chi connectivity index (χ4n) is 3.32. The maximum Gasteiger partial charge on any atom is 0.138 e. The van der Waals surface area contributed by atoms with Crippen LogP contribution in [-0.4, -0.2) is 40.1 Å². The zero-order valence-corrected chi connectivity index (χ0v) is 13.1. The summed E-state index contributed by atoms with van der Waals surface area (Å²) in [5, 5.41) is 7.97. The average Bonchev–Trinajstić information content (AvgIpc) is 3.12. The van der Waals surface area contributed by atoms with Gasteiger partial charge in [0.2, 0.25) is 0 Å². The van der Waals surface area contributed by atoms with Crippen molar-refractivity contribution in [3.05, 3.63) is 12.2 Å². The van der Waals surface area contributed by atoms with Crippen LogP contribution in [0.25, 0.3) is 0 Å². The second-order valence-corrected chi connectivity index (χ2v) is 5.68. The van der Waals surface area contributed by atoms with Crippen LogP contribution in [0.3, 0.4) is 0 Å². The molecule has 0 saturated heterocycles. The topological polar surface area (TPSA) is 52.0 Å². The summed E-state index contributed by atoms with van der Waals surface area (Å²) in [6.07, 6.45) is 8.50. The molecule has 1 atom stereocenters. The van der Waals surface area contributed by atoms with Gasteiger partial charge in [-0.25, -0.2) is 4.98 Å². The van der Waals surface area contributed by atoms with Crippen molar-refractivity contribution in [2.45, 2.75) is 70.6 Å². The lowest BCUT2D eigenvalue weighted by Gasteiger charge is -2.37. The largest absolute Gasteiger partial charge is 0.377 e. The second kappa shape index (κ2) is 7.18. The van der Waals surface area contributed by atoms with Gasteiger partial charge in [0.1, 0.15) is 12.2 Å². The molecule has 1 aliphatic carbocycles. The smallest absolute Gasteiger partial charge is 0.138 e. The average molecular weight is 280 g/mol. The van der Waals surface area contributed by atoms with Crippen LogP contribution in [0.2, 0.25) is 0 Å². The Morgan fingerprint density at radius 3 is 2.75 bits per heavy atom. The predicted octanol–water partition coefficient (Wildman–Crippen LogP) is 2.17. The molecule has 0 amide bonds. The maximum atomic E-state index is 5.96. The molecule has 0 aromatic carbocycles. The van der Waals surface area contributed by atoms with Crippen molar-refractivity contribution < 1.29 is 4.74 Å². The molecule has 1 saturated carbocycles. The summed E-state index contributed by atoms with van der Waals surface area (Å²) in [5.41, 5.74) is -0.0281. The normalized spacial score (nSPS) is 19.4. The van der Waals surface area contributed by atoms with Gasteiger partial charge in [-0.05, 0) is 32.7 Å². The lowest BCUT2D eigenvalue weighted by Crippen LogP contribution is -2.52. The van der Waals surface area contributed by atoms with E-state index in [0.29, 0.717) is 6.04 Å². The number of nitrogens with zero attached hydrogens (tertiary/aromatic N) is 3. The summed E-state index contributed by atoms with van der Waals surface area (Å²) < 4.78 is 7.95. The first kappa shape index (κ1) is 15.4. The fourth-order valence-corrected chi connectivity index (χ4v) is 3.32. The molecule has 5 nitrogen and oxygen atoms in total. The standard InChI is InChI=1S/C15H28N4O/c1-4-10-16-13(15(20-3)8-6-7-9-15)11-14-17-12-18-19(14)5-2/h12-13,16H,4-11H2,1-3H3. The molecule has 5 heteroatoms. The van der Waals surface area contributed by atoms with Crippen LogP contribution in [0.5, 0.6) is 0 Å². The van der Waals surface area contributed by atoms with Gasteiger partial charge in [-0.15, -0.1) is 0 Å². The first-order valence-corrected chi connectivity index (χ1v) is 7.91. The number of ether oxygens (including phenoxy) is 1. The molecule has 0 aliphatic heterocycles. The van der Waals surface area contributed by atoms with Crippen LogP contribution in [0, 0.1) is 0 Å². The van der Waals surface area contributed by atoms with Crippen LogP contribution in [0.15, 0.2) is 6.33 Å². The van der Waals surface area contributed by atoms with Crippen molar-refractivity contribution in [1.82, 2.24) is 20.1 Å². The van der Waals surface area contributed by atoms with Gasteiger partial charge in [-0.2, -0.15) is 5.10 Å². The molecule has 1 fully saturated rings. The van der Waals surface area contributed by atoms with E-state index in [-0.39, 0.29) is 5.60 Å². The van der Waals surface area contributed by atoms with Crippen LogP contribution < -0.4 is 5.32 Å². The molecule has 20 heavy (non-hydrogen) atoms. The third kappa shape index (κ3) is 3.20. The molecule has 1 aliphatic rings. The van der Waals surface area contributed by atoms with E-state index in [2.05, 4.69) is 29.2 Å². The van der Waals surface area contributed by atoms with E-state index in [4.69, 9.17) is 4.74 Å². The van der Waals surface area contributed by atoms with E-state index in [1.165, 1.54) is 12.8 Å². The first-order chi connectivity index (χ1) is 9.75. The number of hydrogen-bond acceptors (Lipinski definition) is 4. The van der Waals surface area contributed by atoms with E-state index in [9.17, 15) is 0 Å². The van der Waals surface area contributed by atoms with Crippen molar-refractivity contribution in [2.24, 2.45) is 0 Å². The molecule has 0 spiro atoms. The van der Waals surface area contributed by atoms with Gasteiger partial charge in [0.05, 0.1) is 5.60 Å². The summed E-state index contributed by atoms with van der Waals surface area (Å²) in [6, 6.07) is 0.324. The highest BCUT2D eigenvalue weighted by molar-refractivity contribution is 5.02. The van der Waals surface area contributed by atoms with Gasteiger partial charge in [0.25, 0.3) is 0 Å². The molecule has 114 valence electrons. The van der Waals surface area contributed by atoms with Gasteiger partial charge in [-0.3, -0.25) is 4.68 Å². The van der Waals surface area contributed by atoms with Crippen LogP contribution in [-0.2, 0) is 17.7 Å². The SMILES string of the molecule is CCCNC(Cc1ncnn1CC)C1(OC)CCCC1. The predicted molar refractivity (Wildman–Crippen MR) is 79.7 cm³/mol. The Hall–Kier alpha value is -0.940. The van der Waals surface area contributed by atoms with Gasteiger partial charge in [0.15, 0.2) is 0 Å². The summed E-state index contributed by atoms with van der Waals surface area (Å²) in [7, 11) is 1.86. The number of methoxy groups -OCH3 is 1. The van der Waals surface area contributed by atoms with Crippen molar-refractivity contribution in [1.29, 1.82) is 0 Å². The highest BCUT2D eigenvalue weighted by Gasteiger charge is 2.41. The van der Waals surface area contributed by atoms with Gasteiger partial charge in [0, 0.05) is 26.1 Å². The quantitative estimate of drug-likeness (QED) is 0.793. The summed E-state index contributed by atoms with van der Waals surface area (Å²) in [4.78, 5) is 4.43. The number of nitrogens with one attached hydrogen (secondary N) is 1. The van der Waals surface area contributed by atoms with Crippen LogP contribution in [0.1, 0.15) is 51.8 Å². The van der Waals surface area contributed by atoms with Crippen molar-refractivity contribution >= 4 is 0 Å². The zero-order chi connectivity index (χ0) is 14.4. The molecule has 1 aromatic heterocycles. The lowest BCUT2D eigenvalue weighted by molar-refractivity contribution is -0.0361. The molecule has 1 aromatic rings. The van der Waals surface area contributed by atoms with Gasteiger partial charge >= 0.3 is 0 Å². The Balaban J connectivity index is 2.14. The Morgan fingerprint density at radius 2 is 2.15 bits per heavy atom. The number of hydrogen-bond donors (Lipinski definition) is 1. The fraction of sp³-hybridized carbons (Fsp3) is 0.867. The van der Waals surface area contributed by atoms with E-state index < -0.39 is 0 Å². The van der Waals surface area contributed by atoms with Crippen LogP contribution in [0.4, 0.5) is 0 Å². The minimum atomic E-state index is -0.0281. The highest BCUT2D eigenvalue weighted by Crippen LogP contribution is 2.36. The van der Waals surface area contributed by atoms with E-state index in [1.807, 2.05) is 11.8 Å². The molecule has 1 N–H and O–H groups in total. The zero-order valence-electron chi connectivity index (χ0n) is 13.1. The Kier molecular flexibility index (Phi) is 5.54. The molecule has 0 radical (unpaired) electrons. The molecule has 1 heterocycles.